The number of fused-ring (bicyclic) bond motifs is 3. The third kappa shape index (κ3) is 1.86. The van der Waals surface area contributed by atoms with E-state index in [-0.39, 0.29) is 12.1 Å². The molecule has 0 aliphatic carbocycles. The van der Waals surface area contributed by atoms with Crippen molar-refractivity contribution < 1.29 is 9.53 Å². The Balaban J connectivity index is 1.63. The van der Waals surface area contributed by atoms with Gasteiger partial charge in [-0.3, -0.25) is 4.90 Å². The van der Waals surface area contributed by atoms with Gasteiger partial charge < -0.3 is 14.6 Å². The van der Waals surface area contributed by atoms with Crippen LogP contribution >= 0.6 is 0 Å². The van der Waals surface area contributed by atoms with Crippen molar-refractivity contribution in [1.82, 2.24) is 14.9 Å². The van der Waals surface area contributed by atoms with Gasteiger partial charge in [0.1, 0.15) is 12.4 Å². The molecule has 0 saturated carbocycles. The molecule has 1 aromatic carbocycles. The van der Waals surface area contributed by atoms with E-state index in [9.17, 15) is 4.79 Å². The molecule has 0 spiro atoms. The van der Waals surface area contributed by atoms with E-state index in [0.717, 1.165) is 22.8 Å². The number of amides is 2. The van der Waals surface area contributed by atoms with E-state index in [4.69, 9.17) is 4.74 Å². The lowest BCUT2D eigenvalue weighted by Crippen LogP contribution is -2.41. The molecule has 0 radical (unpaired) electrons. The molecule has 21 heavy (non-hydrogen) atoms. The lowest BCUT2D eigenvalue weighted by Gasteiger charge is -2.30. The maximum absolute atomic E-state index is 12.7. The molecular weight excluding hydrogens is 268 g/mol. The van der Waals surface area contributed by atoms with Gasteiger partial charge in [0.2, 0.25) is 0 Å². The average molecular weight is 284 g/mol. The molecule has 6 nitrogen and oxygen atoms in total. The number of carbonyl (C=O) groups excluding carboxylic acids is 1. The van der Waals surface area contributed by atoms with E-state index in [2.05, 4.69) is 9.97 Å². The van der Waals surface area contributed by atoms with Crippen LogP contribution in [-0.2, 0) is 6.54 Å². The van der Waals surface area contributed by atoms with Gasteiger partial charge in [-0.25, -0.2) is 9.78 Å². The molecule has 4 rings (SSSR count). The molecule has 2 aliphatic heterocycles. The van der Waals surface area contributed by atoms with Crippen molar-refractivity contribution in [2.24, 2.45) is 0 Å². The quantitative estimate of drug-likeness (QED) is 0.916. The summed E-state index contributed by atoms with van der Waals surface area (Å²) < 4.78 is 5.75. The summed E-state index contributed by atoms with van der Waals surface area (Å²) in [4.78, 5) is 23.7. The molecule has 6 heteroatoms. The smallest absolute Gasteiger partial charge is 0.325 e. The molecule has 108 valence electrons. The number of aromatic amines is 1. The molecule has 1 saturated heterocycles. The summed E-state index contributed by atoms with van der Waals surface area (Å²) in [6.45, 7) is 3.70. The minimum Gasteiger partial charge on any atom is -0.489 e. The van der Waals surface area contributed by atoms with Crippen LogP contribution in [0.5, 0.6) is 5.75 Å². The fraction of sp³-hybridized carbons (Fsp3) is 0.333. The number of ether oxygens (including phenoxy) is 1. The number of anilines is 1. The Morgan fingerprint density at radius 3 is 3.10 bits per heavy atom. The Bertz CT molecular complexity index is 696. The Labute approximate surface area is 122 Å². The van der Waals surface area contributed by atoms with Crippen LogP contribution < -0.4 is 9.64 Å². The number of hydrogen-bond acceptors (Lipinski definition) is 3. The molecular formula is C15H16N4O2. The zero-order valence-electron chi connectivity index (χ0n) is 11.7. The number of aryl methyl sites for hydroxylation is 1. The minimum atomic E-state index is 0.0261. The normalized spacial score (nSPS) is 20.2. The van der Waals surface area contributed by atoms with Crippen molar-refractivity contribution in [3.8, 4) is 5.75 Å². The molecule has 2 aliphatic rings. The van der Waals surface area contributed by atoms with E-state index in [1.165, 1.54) is 0 Å². The van der Waals surface area contributed by atoms with Gasteiger partial charge >= 0.3 is 6.03 Å². The SMILES string of the molecule is Cc1[nH]cnc1CN1CC2COc3ccccc3N2C1=O. The number of H-pyrrole nitrogens is 1. The Hall–Kier alpha value is -2.50. The topological polar surface area (TPSA) is 61.5 Å². The number of nitrogens with one attached hydrogen (secondary N) is 1. The van der Waals surface area contributed by atoms with E-state index in [1.807, 2.05) is 41.0 Å². The lowest BCUT2D eigenvalue weighted by molar-refractivity contribution is 0.218. The monoisotopic (exact) mass is 284 g/mol. The zero-order valence-corrected chi connectivity index (χ0v) is 11.7. The highest BCUT2D eigenvalue weighted by Crippen LogP contribution is 2.37. The molecule has 1 aromatic heterocycles. The van der Waals surface area contributed by atoms with Crippen molar-refractivity contribution in [3.63, 3.8) is 0 Å². The van der Waals surface area contributed by atoms with Crippen LogP contribution in [-0.4, -0.2) is 40.1 Å². The predicted molar refractivity (Wildman–Crippen MR) is 77.3 cm³/mol. The highest BCUT2D eigenvalue weighted by Gasteiger charge is 2.42. The van der Waals surface area contributed by atoms with Crippen LogP contribution in [0.15, 0.2) is 30.6 Å². The number of aromatic nitrogens is 2. The first kappa shape index (κ1) is 12.3. The Kier molecular flexibility index (Phi) is 2.63. The van der Waals surface area contributed by atoms with Crippen LogP contribution in [0.3, 0.4) is 0 Å². The van der Waals surface area contributed by atoms with E-state index in [0.29, 0.717) is 19.7 Å². The minimum absolute atomic E-state index is 0.0261. The van der Waals surface area contributed by atoms with E-state index >= 15 is 0 Å². The molecule has 1 N–H and O–H groups in total. The molecule has 1 atom stereocenters. The number of imidazole rings is 1. The van der Waals surface area contributed by atoms with Gasteiger partial charge in [0.15, 0.2) is 0 Å². The maximum atomic E-state index is 12.7. The predicted octanol–water partition coefficient (Wildman–Crippen LogP) is 1.92. The summed E-state index contributed by atoms with van der Waals surface area (Å²) in [6.07, 6.45) is 1.66. The maximum Gasteiger partial charge on any atom is 0.325 e. The van der Waals surface area contributed by atoms with Gasteiger partial charge in [0.05, 0.1) is 30.3 Å². The van der Waals surface area contributed by atoms with Crippen LogP contribution in [0.4, 0.5) is 10.5 Å². The largest absolute Gasteiger partial charge is 0.489 e. The standard InChI is InChI=1S/C15H16N4O2/c1-10-12(17-9-16-10)7-18-6-11-8-21-14-5-3-2-4-13(14)19(11)15(18)20/h2-5,9,11H,6-8H2,1H3,(H,16,17). The molecule has 2 amide bonds. The molecule has 2 aromatic rings. The average Bonchev–Trinajstić information content (AvgIpc) is 3.04. The van der Waals surface area contributed by atoms with Gasteiger partial charge in [-0.15, -0.1) is 0 Å². The third-order valence-electron chi connectivity index (χ3n) is 4.10. The number of urea groups is 1. The van der Waals surface area contributed by atoms with Crippen molar-refractivity contribution in [1.29, 1.82) is 0 Å². The second kappa shape index (κ2) is 4.51. The second-order valence-electron chi connectivity index (χ2n) is 5.44. The van der Waals surface area contributed by atoms with Gasteiger partial charge in [0, 0.05) is 12.2 Å². The third-order valence-corrected chi connectivity index (χ3v) is 4.10. The highest BCUT2D eigenvalue weighted by atomic mass is 16.5. The first-order valence-electron chi connectivity index (χ1n) is 7.03. The van der Waals surface area contributed by atoms with Crippen LogP contribution in [0.2, 0.25) is 0 Å². The summed E-state index contributed by atoms with van der Waals surface area (Å²) in [7, 11) is 0. The van der Waals surface area contributed by atoms with Crippen molar-refractivity contribution in [2.75, 3.05) is 18.1 Å². The van der Waals surface area contributed by atoms with Gasteiger partial charge in [-0.2, -0.15) is 0 Å². The van der Waals surface area contributed by atoms with Gasteiger partial charge in [-0.1, -0.05) is 12.1 Å². The zero-order chi connectivity index (χ0) is 14.4. The number of hydrogen-bond donors (Lipinski definition) is 1. The van der Waals surface area contributed by atoms with Crippen LogP contribution in [0.25, 0.3) is 0 Å². The van der Waals surface area contributed by atoms with Crippen molar-refractivity contribution in [2.45, 2.75) is 19.5 Å². The molecule has 3 heterocycles. The first-order chi connectivity index (χ1) is 10.2. The van der Waals surface area contributed by atoms with Crippen molar-refractivity contribution in [3.05, 3.63) is 42.0 Å². The van der Waals surface area contributed by atoms with Gasteiger partial charge in [0.25, 0.3) is 0 Å². The number of para-hydroxylation sites is 2. The molecule has 0 bridgehead atoms. The summed E-state index contributed by atoms with van der Waals surface area (Å²) in [5, 5.41) is 0. The van der Waals surface area contributed by atoms with Crippen molar-refractivity contribution >= 4 is 11.7 Å². The number of benzene rings is 1. The summed E-state index contributed by atoms with van der Waals surface area (Å²) in [5.74, 6) is 0.778. The number of rotatable bonds is 2. The summed E-state index contributed by atoms with van der Waals surface area (Å²) in [6, 6.07) is 7.79. The second-order valence-corrected chi connectivity index (χ2v) is 5.44. The van der Waals surface area contributed by atoms with Crippen LogP contribution in [0, 0.1) is 6.92 Å². The molecule has 1 fully saturated rings. The fourth-order valence-electron chi connectivity index (χ4n) is 2.97. The lowest BCUT2D eigenvalue weighted by atomic mass is 10.2. The van der Waals surface area contributed by atoms with E-state index < -0.39 is 0 Å². The summed E-state index contributed by atoms with van der Waals surface area (Å²) in [5.41, 5.74) is 2.78. The molecule has 1 unspecified atom stereocenters. The van der Waals surface area contributed by atoms with Gasteiger partial charge in [-0.05, 0) is 19.1 Å². The van der Waals surface area contributed by atoms with E-state index in [1.54, 1.807) is 6.33 Å². The highest BCUT2D eigenvalue weighted by molar-refractivity contribution is 5.97. The Morgan fingerprint density at radius 1 is 1.43 bits per heavy atom. The Morgan fingerprint density at radius 2 is 2.29 bits per heavy atom. The van der Waals surface area contributed by atoms with Crippen LogP contribution in [0.1, 0.15) is 11.4 Å². The fourth-order valence-corrected chi connectivity index (χ4v) is 2.97. The summed E-state index contributed by atoms with van der Waals surface area (Å²) >= 11 is 0. The first-order valence-corrected chi connectivity index (χ1v) is 7.03. The number of nitrogens with zero attached hydrogens (tertiary/aromatic N) is 3. The number of carbonyl (C=O) groups is 1.